The Balaban J connectivity index is 1.50. The van der Waals surface area contributed by atoms with E-state index in [9.17, 15) is 0 Å². The molecule has 3 aromatic heterocycles. The first-order valence-electron chi connectivity index (χ1n) is 9.11. The Hall–Kier alpha value is -3.06. The first kappa shape index (κ1) is 16.1. The van der Waals surface area contributed by atoms with Gasteiger partial charge >= 0.3 is 0 Å². The van der Waals surface area contributed by atoms with Gasteiger partial charge in [0.05, 0.1) is 43.1 Å². The summed E-state index contributed by atoms with van der Waals surface area (Å²) < 4.78 is 7.23. The van der Waals surface area contributed by atoms with E-state index in [-0.39, 0.29) is 0 Å². The van der Waals surface area contributed by atoms with Crippen LogP contribution in [0.15, 0.2) is 47.8 Å². The number of aryl methyl sites for hydroxylation is 1. The molecule has 0 saturated carbocycles. The highest BCUT2D eigenvalue weighted by atomic mass is 16.5. The Labute approximate surface area is 157 Å². The van der Waals surface area contributed by atoms with Crippen molar-refractivity contribution >= 4 is 11.5 Å². The number of ether oxygens (including phenoxy) is 1. The van der Waals surface area contributed by atoms with Gasteiger partial charge in [0.25, 0.3) is 0 Å². The summed E-state index contributed by atoms with van der Waals surface area (Å²) in [6.07, 6.45) is 5.67. The van der Waals surface area contributed by atoms with E-state index in [1.54, 1.807) is 4.68 Å². The summed E-state index contributed by atoms with van der Waals surface area (Å²) in [5, 5.41) is 4.25. The summed E-state index contributed by atoms with van der Waals surface area (Å²) in [6, 6.07) is 8.28. The van der Waals surface area contributed by atoms with Crippen LogP contribution in [0.5, 0.6) is 0 Å². The number of morpholine rings is 1. The number of fused-ring (bicyclic) bond motifs is 1. The Morgan fingerprint density at radius 1 is 1.07 bits per heavy atom. The number of anilines is 1. The second kappa shape index (κ2) is 6.59. The second-order valence-corrected chi connectivity index (χ2v) is 6.77. The number of nitrogens with zero attached hydrogens (tertiary/aromatic N) is 6. The number of pyridine rings is 2. The molecule has 0 bridgehead atoms. The molecule has 27 heavy (non-hydrogen) atoms. The highest BCUT2D eigenvalue weighted by Crippen LogP contribution is 2.26. The van der Waals surface area contributed by atoms with Gasteiger partial charge in [0.15, 0.2) is 0 Å². The average molecular weight is 360 g/mol. The van der Waals surface area contributed by atoms with Crippen molar-refractivity contribution in [3.63, 3.8) is 0 Å². The van der Waals surface area contributed by atoms with Gasteiger partial charge in [-0.15, -0.1) is 0 Å². The van der Waals surface area contributed by atoms with Crippen molar-refractivity contribution < 1.29 is 4.74 Å². The lowest BCUT2D eigenvalue weighted by atomic mass is 10.0. The Kier molecular flexibility index (Phi) is 3.94. The molecule has 7 nitrogen and oxygen atoms in total. The van der Waals surface area contributed by atoms with Crippen molar-refractivity contribution in [3.8, 4) is 11.3 Å². The van der Waals surface area contributed by atoms with Gasteiger partial charge in [0.1, 0.15) is 5.82 Å². The van der Waals surface area contributed by atoms with E-state index >= 15 is 0 Å². The van der Waals surface area contributed by atoms with Crippen LogP contribution in [0.3, 0.4) is 0 Å². The van der Waals surface area contributed by atoms with E-state index < -0.39 is 0 Å². The molecule has 1 saturated heterocycles. The van der Waals surface area contributed by atoms with Gasteiger partial charge in [0.2, 0.25) is 0 Å². The third kappa shape index (κ3) is 3.00. The van der Waals surface area contributed by atoms with Crippen LogP contribution in [0, 0.1) is 0 Å². The maximum atomic E-state index is 5.44. The molecule has 0 atom stereocenters. The third-order valence-corrected chi connectivity index (χ3v) is 4.97. The number of hydrogen-bond donors (Lipinski definition) is 0. The van der Waals surface area contributed by atoms with Crippen LogP contribution in [-0.4, -0.2) is 51.8 Å². The molecule has 0 radical (unpaired) electrons. The van der Waals surface area contributed by atoms with E-state index in [4.69, 9.17) is 14.7 Å². The molecule has 5 rings (SSSR count). The maximum Gasteiger partial charge on any atom is 0.129 e. The first-order chi connectivity index (χ1) is 13.3. The molecule has 0 N–H and O–H groups in total. The van der Waals surface area contributed by atoms with E-state index in [0.29, 0.717) is 6.54 Å². The standard InChI is InChI=1S/C20H20N6O/c1-25-13-16(12-23-25)17-3-2-15-11-22-19(20(15)24-17)14-4-5-21-18(10-14)26-6-8-27-9-7-26/h2-5,10,12-13H,6-9,11H2,1H3. The highest BCUT2D eigenvalue weighted by Gasteiger charge is 2.22. The predicted octanol–water partition coefficient (Wildman–Crippen LogP) is 2.06. The summed E-state index contributed by atoms with van der Waals surface area (Å²) in [5.74, 6) is 0.968. The van der Waals surface area contributed by atoms with Crippen LogP contribution >= 0.6 is 0 Å². The van der Waals surface area contributed by atoms with Gasteiger partial charge in [-0.05, 0) is 18.2 Å². The van der Waals surface area contributed by atoms with Crippen LogP contribution in [-0.2, 0) is 18.3 Å². The van der Waals surface area contributed by atoms with Crippen molar-refractivity contribution in [2.75, 3.05) is 31.2 Å². The smallest absolute Gasteiger partial charge is 0.129 e. The van der Waals surface area contributed by atoms with E-state index in [1.165, 1.54) is 0 Å². The monoisotopic (exact) mass is 360 g/mol. The predicted molar refractivity (Wildman–Crippen MR) is 103 cm³/mol. The van der Waals surface area contributed by atoms with Crippen molar-refractivity contribution in [2.24, 2.45) is 12.0 Å². The SMILES string of the molecule is Cn1cc(-c2ccc3c(n2)C(c2ccnc(N4CCOCC4)c2)=NC3)cn1. The van der Waals surface area contributed by atoms with Gasteiger partial charge in [0, 0.05) is 49.2 Å². The molecule has 2 aliphatic rings. The van der Waals surface area contributed by atoms with Crippen molar-refractivity contribution in [3.05, 3.63) is 59.7 Å². The molecule has 0 aliphatic carbocycles. The van der Waals surface area contributed by atoms with E-state index in [1.807, 2.05) is 37.8 Å². The molecule has 0 unspecified atom stereocenters. The normalized spacial score (nSPS) is 16.3. The van der Waals surface area contributed by atoms with Crippen molar-refractivity contribution in [1.29, 1.82) is 0 Å². The largest absolute Gasteiger partial charge is 0.378 e. The first-order valence-corrected chi connectivity index (χ1v) is 9.11. The Morgan fingerprint density at radius 3 is 2.78 bits per heavy atom. The molecule has 7 heteroatoms. The number of hydrogen-bond acceptors (Lipinski definition) is 6. The fourth-order valence-corrected chi connectivity index (χ4v) is 3.53. The minimum Gasteiger partial charge on any atom is -0.378 e. The van der Waals surface area contributed by atoms with Crippen LogP contribution in [0.4, 0.5) is 5.82 Å². The summed E-state index contributed by atoms with van der Waals surface area (Å²) in [7, 11) is 1.91. The molecular formula is C20H20N6O. The lowest BCUT2D eigenvalue weighted by molar-refractivity contribution is 0.122. The summed E-state index contributed by atoms with van der Waals surface area (Å²) in [4.78, 5) is 16.5. The second-order valence-electron chi connectivity index (χ2n) is 6.77. The average Bonchev–Trinajstić information content (AvgIpc) is 3.34. The number of rotatable bonds is 3. The molecule has 3 aromatic rings. The molecule has 0 amide bonds. The molecule has 0 spiro atoms. The van der Waals surface area contributed by atoms with Crippen molar-refractivity contribution in [2.45, 2.75) is 6.54 Å². The molecule has 136 valence electrons. The Morgan fingerprint density at radius 2 is 1.96 bits per heavy atom. The number of aromatic nitrogens is 4. The lowest BCUT2D eigenvalue weighted by Crippen LogP contribution is -2.36. The van der Waals surface area contributed by atoms with Crippen LogP contribution in [0.25, 0.3) is 11.3 Å². The summed E-state index contributed by atoms with van der Waals surface area (Å²) in [5.41, 5.74) is 6.03. The number of aliphatic imine (C=N–C) groups is 1. The fraction of sp³-hybridized carbons (Fsp3) is 0.300. The zero-order valence-electron chi connectivity index (χ0n) is 15.2. The minimum absolute atomic E-state index is 0.667. The van der Waals surface area contributed by atoms with Crippen LogP contribution in [0.2, 0.25) is 0 Å². The highest BCUT2D eigenvalue weighted by molar-refractivity contribution is 6.14. The van der Waals surface area contributed by atoms with Gasteiger partial charge in [-0.25, -0.2) is 9.97 Å². The molecule has 0 aromatic carbocycles. The molecular weight excluding hydrogens is 340 g/mol. The van der Waals surface area contributed by atoms with Gasteiger partial charge < -0.3 is 9.64 Å². The third-order valence-electron chi connectivity index (χ3n) is 4.97. The van der Waals surface area contributed by atoms with Crippen LogP contribution < -0.4 is 4.90 Å². The zero-order chi connectivity index (χ0) is 18.2. The van der Waals surface area contributed by atoms with E-state index in [2.05, 4.69) is 27.1 Å². The van der Waals surface area contributed by atoms with E-state index in [0.717, 1.165) is 65.9 Å². The fourth-order valence-electron chi connectivity index (χ4n) is 3.53. The molecule has 1 fully saturated rings. The Bertz CT molecular complexity index is 1020. The van der Waals surface area contributed by atoms with Gasteiger partial charge in [-0.1, -0.05) is 6.07 Å². The minimum atomic E-state index is 0.667. The maximum absolute atomic E-state index is 5.44. The lowest BCUT2D eigenvalue weighted by Gasteiger charge is -2.28. The van der Waals surface area contributed by atoms with Crippen molar-refractivity contribution in [1.82, 2.24) is 19.7 Å². The topological polar surface area (TPSA) is 68.4 Å². The van der Waals surface area contributed by atoms with Crippen LogP contribution in [0.1, 0.15) is 16.8 Å². The quantitative estimate of drug-likeness (QED) is 0.715. The van der Waals surface area contributed by atoms with Gasteiger partial charge in [-0.3, -0.25) is 9.67 Å². The molecule has 5 heterocycles. The van der Waals surface area contributed by atoms with Gasteiger partial charge in [-0.2, -0.15) is 5.10 Å². The summed E-state index contributed by atoms with van der Waals surface area (Å²) in [6.45, 7) is 3.88. The summed E-state index contributed by atoms with van der Waals surface area (Å²) >= 11 is 0. The molecule has 2 aliphatic heterocycles. The zero-order valence-corrected chi connectivity index (χ0v) is 15.2.